The Morgan fingerprint density at radius 2 is 2.00 bits per heavy atom. The minimum Gasteiger partial charge on any atom is -0.294 e. The van der Waals surface area contributed by atoms with Crippen LogP contribution >= 0.6 is 23.8 Å². The zero-order valence-electron chi connectivity index (χ0n) is 11.7. The molecule has 1 N–H and O–H groups in total. The summed E-state index contributed by atoms with van der Waals surface area (Å²) in [5.74, 6) is 0.692. The van der Waals surface area contributed by atoms with E-state index in [1.165, 1.54) is 0 Å². The number of nitrogens with zero attached hydrogens (tertiary/aromatic N) is 4. The van der Waals surface area contributed by atoms with Crippen LogP contribution in [0.15, 0.2) is 30.3 Å². The fourth-order valence-corrected chi connectivity index (χ4v) is 2.73. The first-order valence-corrected chi connectivity index (χ1v) is 7.25. The number of aromatic amines is 1. The van der Waals surface area contributed by atoms with E-state index in [1.807, 2.05) is 36.7 Å². The SMILES string of the molecule is Cc1nn(C)c(-c2n[nH]c(=S)n2Cc2ccccc2)c1Cl. The molecule has 2 aromatic heterocycles. The predicted molar refractivity (Wildman–Crippen MR) is 84.9 cm³/mol. The van der Waals surface area contributed by atoms with Crippen molar-refractivity contribution in [2.45, 2.75) is 13.5 Å². The minimum absolute atomic E-state index is 0.559. The summed E-state index contributed by atoms with van der Waals surface area (Å²) in [6.07, 6.45) is 0. The number of rotatable bonds is 3. The molecule has 3 rings (SSSR count). The summed E-state index contributed by atoms with van der Waals surface area (Å²) in [6, 6.07) is 10.1. The van der Waals surface area contributed by atoms with Gasteiger partial charge in [-0.2, -0.15) is 10.2 Å². The maximum absolute atomic E-state index is 6.35. The topological polar surface area (TPSA) is 51.4 Å². The molecule has 5 nitrogen and oxygen atoms in total. The second kappa shape index (κ2) is 5.46. The van der Waals surface area contributed by atoms with Crippen LogP contribution in [0.5, 0.6) is 0 Å². The number of H-pyrrole nitrogens is 1. The van der Waals surface area contributed by atoms with Gasteiger partial charge in [0.25, 0.3) is 0 Å². The molecule has 21 heavy (non-hydrogen) atoms. The summed E-state index contributed by atoms with van der Waals surface area (Å²) >= 11 is 11.7. The molecular formula is C14H14ClN5S. The highest BCUT2D eigenvalue weighted by Crippen LogP contribution is 2.29. The molecule has 1 aromatic carbocycles. The van der Waals surface area contributed by atoms with Gasteiger partial charge in [-0.3, -0.25) is 14.3 Å². The van der Waals surface area contributed by atoms with Crippen molar-refractivity contribution in [1.29, 1.82) is 0 Å². The third-order valence-electron chi connectivity index (χ3n) is 3.30. The quantitative estimate of drug-likeness (QED) is 0.753. The van der Waals surface area contributed by atoms with E-state index in [0.717, 1.165) is 17.0 Å². The fourth-order valence-electron chi connectivity index (χ4n) is 2.29. The second-order valence-corrected chi connectivity index (χ2v) is 5.56. The molecule has 0 atom stereocenters. The van der Waals surface area contributed by atoms with Gasteiger partial charge in [0, 0.05) is 7.05 Å². The third-order valence-corrected chi connectivity index (χ3v) is 4.07. The van der Waals surface area contributed by atoms with Crippen LogP contribution in [-0.4, -0.2) is 24.5 Å². The highest BCUT2D eigenvalue weighted by molar-refractivity contribution is 7.71. The zero-order chi connectivity index (χ0) is 15.0. The Hall–Kier alpha value is -1.92. The summed E-state index contributed by atoms with van der Waals surface area (Å²) in [5.41, 5.74) is 2.68. The molecule has 0 bridgehead atoms. The molecule has 0 saturated heterocycles. The number of halogens is 1. The summed E-state index contributed by atoms with van der Waals surface area (Å²) in [5, 5.41) is 12.1. The molecule has 0 fully saturated rings. The second-order valence-electron chi connectivity index (χ2n) is 4.80. The number of nitrogens with one attached hydrogen (secondary N) is 1. The van der Waals surface area contributed by atoms with Crippen LogP contribution in [0.3, 0.4) is 0 Å². The number of benzene rings is 1. The summed E-state index contributed by atoms with van der Waals surface area (Å²) in [4.78, 5) is 0. The zero-order valence-corrected chi connectivity index (χ0v) is 13.2. The Kier molecular flexibility index (Phi) is 3.65. The molecule has 0 saturated carbocycles. The molecule has 0 aliphatic carbocycles. The van der Waals surface area contributed by atoms with Crippen molar-refractivity contribution in [3.05, 3.63) is 51.4 Å². The minimum atomic E-state index is 0.559. The largest absolute Gasteiger partial charge is 0.294 e. The average molecular weight is 320 g/mol. The molecule has 0 aliphatic rings. The van der Waals surface area contributed by atoms with Crippen LogP contribution < -0.4 is 0 Å². The smallest absolute Gasteiger partial charge is 0.195 e. The number of hydrogen-bond acceptors (Lipinski definition) is 3. The molecule has 3 aromatic rings. The van der Waals surface area contributed by atoms with E-state index >= 15 is 0 Å². The van der Waals surface area contributed by atoms with Crippen LogP contribution in [0.25, 0.3) is 11.5 Å². The van der Waals surface area contributed by atoms with Crippen molar-refractivity contribution in [3.8, 4) is 11.5 Å². The fraction of sp³-hybridized carbons (Fsp3) is 0.214. The van der Waals surface area contributed by atoms with Gasteiger partial charge in [0.2, 0.25) is 0 Å². The predicted octanol–water partition coefficient (Wildman–Crippen LogP) is 3.35. The van der Waals surface area contributed by atoms with E-state index in [1.54, 1.807) is 4.68 Å². The molecular weight excluding hydrogens is 306 g/mol. The van der Waals surface area contributed by atoms with Gasteiger partial charge in [0.1, 0.15) is 5.69 Å². The van der Waals surface area contributed by atoms with Crippen molar-refractivity contribution in [2.24, 2.45) is 7.05 Å². The van der Waals surface area contributed by atoms with Gasteiger partial charge in [0.05, 0.1) is 17.3 Å². The summed E-state index contributed by atoms with van der Waals surface area (Å²) in [6.45, 7) is 2.50. The maximum atomic E-state index is 6.35. The highest BCUT2D eigenvalue weighted by Gasteiger charge is 2.19. The van der Waals surface area contributed by atoms with Crippen molar-refractivity contribution in [2.75, 3.05) is 0 Å². The van der Waals surface area contributed by atoms with E-state index in [4.69, 9.17) is 23.8 Å². The molecule has 7 heteroatoms. The summed E-state index contributed by atoms with van der Waals surface area (Å²) in [7, 11) is 1.85. The average Bonchev–Trinajstić information content (AvgIpc) is 2.93. The highest BCUT2D eigenvalue weighted by atomic mass is 35.5. The Labute approximate surface area is 132 Å². The van der Waals surface area contributed by atoms with Crippen molar-refractivity contribution in [1.82, 2.24) is 24.5 Å². The molecule has 0 amide bonds. The van der Waals surface area contributed by atoms with Crippen LogP contribution in [0.4, 0.5) is 0 Å². The lowest BCUT2D eigenvalue weighted by Crippen LogP contribution is -2.05. The Bertz CT molecular complexity index is 831. The lowest BCUT2D eigenvalue weighted by molar-refractivity contribution is 0.737. The van der Waals surface area contributed by atoms with Gasteiger partial charge < -0.3 is 0 Å². The monoisotopic (exact) mass is 319 g/mol. The Balaban J connectivity index is 2.11. The lowest BCUT2D eigenvalue weighted by Gasteiger charge is -2.07. The van der Waals surface area contributed by atoms with Gasteiger partial charge in [-0.05, 0) is 24.7 Å². The van der Waals surface area contributed by atoms with Crippen LogP contribution in [-0.2, 0) is 13.6 Å². The van der Waals surface area contributed by atoms with Crippen molar-refractivity contribution >= 4 is 23.8 Å². The van der Waals surface area contributed by atoms with Crippen molar-refractivity contribution in [3.63, 3.8) is 0 Å². The number of hydrogen-bond donors (Lipinski definition) is 1. The van der Waals surface area contributed by atoms with Gasteiger partial charge in [-0.25, -0.2) is 0 Å². The van der Waals surface area contributed by atoms with E-state index < -0.39 is 0 Å². The third kappa shape index (κ3) is 2.52. The standard InChI is InChI=1S/C14H14ClN5S/c1-9-11(15)12(19(2)18-9)13-16-17-14(21)20(13)8-10-6-4-3-5-7-10/h3-7H,8H2,1-2H3,(H,17,21). The van der Waals surface area contributed by atoms with Gasteiger partial charge in [0.15, 0.2) is 10.6 Å². The van der Waals surface area contributed by atoms with Crippen molar-refractivity contribution < 1.29 is 0 Å². The Morgan fingerprint density at radius 1 is 1.29 bits per heavy atom. The van der Waals surface area contributed by atoms with Crippen LogP contribution in [0, 0.1) is 11.7 Å². The summed E-state index contributed by atoms with van der Waals surface area (Å²) < 4.78 is 4.21. The lowest BCUT2D eigenvalue weighted by atomic mass is 10.2. The van der Waals surface area contributed by atoms with E-state index in [0.29, 0.717) is 22.2 Å². The maximum Gasteiger partial charge on any atom is 0.195 e. The molecule has 2 heterocycles. The van der Waals surface area contributed by atoms with E-state index in [2.05, 4.69) is 27.4 Å². The van der Waals surface area contributed by atoms with Gasteiger partial charge >= 0.3 is 0 Å². The van der Waals surface area contributed by atoms with E-state index in [9.17, 15) is 0 Å². The first-order valence-electron chi connectivity index (χ1n) is 6.46. The number of aromatic nitrogens is 5. The molecule has 0 unspecified atom stereocenters. The first-order chi connectivity index (χ1) is 10.1. The molecule has 0 aliphatic heterocycles. The number of aryl methyl sites for hydroxylation is 2. The first kappa shape index (κ1) is 14.0. The van der Waals surface area contributed by atoms with E-state index in [-0.39, 0.29) is 0 Å². The normalized spacial score (nSPS) is 11.0. The van der Waals surface area contributed by atoms with Gasteiger partial charge in [-0.15, -0.1) is 0 Å². The molecule has 0 spiro atoms. The molecule has 0 radical (unpaired) electrons. The Morgan fingerprint density at radius 3 is 2.62 bits per heavy atom. The van der Waals surface area contributed by atoms with Gasteiger partial charge in [-0.1, -0.05) is 41.9 Å². The molecule has 108 valence electrons. The van der Waals surface area contributed by atoms with Crippen LogP contribution in [0.2, 0.25) is 5.02 Å². The van der Waals surface area contributed by atoms with Crippen LogP contribution in [0.1, 0.15) is 11.3 Å².